The number of hydrogen-bond donors (Lipinski definition) is 3. The number of aromatic amines is 1. The molecule has 0 spiro atoms. The van der Waals surface area contributed by atoms with Gasteiger partial charge in [-0.3, -0.25) is 19.4 Å². The molecule has 1 aromatic carbocycles. The zero-order chi connectivity index (χ0) is 26.1. The van der Waals surface area contributed by atoms with E-state index in [0.29, 0.717) is 47.8 Å². The Morgan fingerprint density at radius 2 is 1.97 bits per heavy atom. The molecule has 2 amide bonds. The minimum Gasteiger partial charge on any atom is -0.351 e. The molecule has 1 saturated heterocycles. The van der Waals surface area contributed by atoms with Crippen LogP contribution in [0, 0.1) is 0 Å². The lowest BCUT2D eigenvalue weighted by Gasteiger charge is -2.29. The minimum absolute atomic E-state index is 0.225. The third kappa shape index (κ3) is 5.72. The Morgan fingerprint density at radius 1 is 1.22 bits per heavy atom. The van der Waals surface area contributed by atoms with Crippen molar-refractivity contribution in [2.24, 2.45) is 0 Å². The minimum atomic E-state index is -0.316. The van der Waals surface area contributed by atoms with Gasteiger partial charge in [-0.05, 0) is 38.1 Å². The molecule has 11 heteroatoms. The molecule has 4 heterocycles. The molecule has 2 atom stereocenters. The van der Waals surface area contributed by atoms with E-state index < -0.39 is 0 Å². The predicted molar refractivity (Wildman–Crippen MR) is 144 cm³/mol. The summed E-state index contributed by atoms with van der Waals surface area (Å²) in [6, 6.07) is 7.00. The van der Waals surface area contributed by atoms with E-state index in [1.807, 2.05) is 6.07 Å². The summed E-state index contributed by atoms with van der Waals surface area (Å²) in [4.78, 5) is 50.7. The number of benzene rings is 1. The first kappa shape index (κ1) is 25.8. The lowest BCUT2D eigenvalue weighted by molar-refractivity contribution is -0.108. The van der Waals surface area contributed by atoms with Gasteiger partial charge in [0.15, 0.2) is 5.01 Å². The molecular weight excluding hydrogens is 512 g/mol. The van der Waals surface area contributed by atoms with Crippen molar-refractivity contribution in [3.8, 4) is 0 Å². The Bertz CT molecular complexity index is 1320. The topological polar surface area (TPSA) is 110 Å². The van der Waals surface area contributed by atoms with E-state index in [4.69, 9.17) is 11.6 Å². The summed E-state index contributed by atoms with van der Waals surface area (Å²) in [7, 11) is 0. The number of halogens is 1. The predicted octanol–water partition coefficient (Wildman–Crippen LogP) is 2.85. The molecule has 1 fully saturated rings. The smallest absolute Gasteiger partial charge is 0.280 e. The van der Waals surface area contributed by atoms with Crippen molar-refractivity contribution < 1.29 is 14.4 Å². The highest BCUT2D eigenvalue weighted by molar-refractivity contribution is 7.13. The van der Waals surface area contributed by atoms with Crippen LogP contribution < -0.4 is 10.6 Å². The van der Waals surface area contributed by atoms with Crippen molar-refractivity contribution in [3.05, 3.63) is 50.6 Å². The van der Waals surface area contributed by atoms with Crippen LogP contribution in [-0.2, 0) is 17.8 Å². The zero-order valence-electron chi connectivity index (χ0n) is 20.9. The highest BCUT2D eigenvalue weighted by atomic mass is 35.5. The second kappa shape index (κ2) is 10.9. The molecule has 2 aromatic heterocycles. The van der Waals surface area contributed by atoms with Gasteiger partial charge in [0.2, 0.25) is 0 Å². The van der Waals surface area contributed by atoms with Gasteiger partial charge in [0, 0.05) is 72.4 Å². The molecule has 2 aliphatic rings. The fourth-order valence-electron chi connectivity index (χ4n) is 5.05. The molecule has 3 N–H and O–H groups in total. The van der Waals surface area contributed by atoms with Crippen molar-refractivity contribution in [2.45, 2.75) is 51.4 Å². The number of fused-ring (bicyclic) bond motifs is 2. The van der Waals surface area contributed by atoms with E-state index in [9.17, 15) is 14.4 Å². The molecule has 9 nitrogen and oxygen atoms in total. The van der Waals surface area contributed by atoms with Crippen LogP contribution in [0.25, 0.3) is 10.9 Å². The third-order valence-electron chi connectivity index (χ3n) is 7.10. The molecule has 3 aromatic rings. The van der Waals surface area contributed by atoms with Crippen LogP contribution in [0.4, 0.5) is 0 Å². The standard InChI is InChI=1S/C26H31ClN6O3S/c1-15(2)33-8-6-19-23(14-33)37-26(31-19)25(36)30-22-13-32(7-3-9-34)12-21(22)29-24(35)20-11-16-10-17(27)4-5-18(16)28-20/h4-5,9-11,15,21-22,28H,3,6-8,12-14H2,1-2H3,(H,29,35)(H,30,36)/t21-,22-/m1/s1. The van der Waals surface area contributed by atoms with E-state index in [0.717, 1.165) is 47.3 Å². The van der Waals surface area contributed by atoms with Crippen LogP contribution >= 0.6 is 22.9 Å². The van der Waals surface area contributed by atoms with E-state index in [2.05, 4.69) is 44.2 Å². The van der Waals surface area contributed by atoms with E-state index in [-0.39, 0.29) is 23.9 Å². The Labute approximate surface area is 224 Å². The quantitative estimate of drug-likeness (QED) is 0.378. The summed E-state index contributed by atoms with van der Waals surface area (Å²) in [5, 5.41) is 8.10. The largest absolute Gasteiger partial charge is 0.351 e. The van der Waals surface area contributed by atoms with Gasteiger partial charge in [0.1, 0.15) is 12.0 Å². The fraction of sp³-hybridized carbons (Fsp3) is 0.462. The van der Waals surface area contributed by atoms with Crippen molar-refractivity contribution in [3.63, 3.8) is 0 Å². The van der Waals surface area contributed by atoms with Gasteiger partial charge in [-0.25, -0.2) is 4.98 Å². The Hall–Kier alpha value is -2.79. The van der Waals surface area contributed by atoms with Crippen molar-refractivity contribution in [2.75, 3.05) is 26.2 Å². The summed E-state index contributed by atoms with van der Waals surface area (Å²) < 4.78 is 0. The van der Waals surface area contributed by atoms with Crippen LogP contribution in [0.5, 0.6) is 0 Å². The number of thiazole rings is 1. The average molecular weight is 543 g/mol. The van der Waals surface area contributed by atoms with Gasteiger partial charge < -0.3 is 20.4 Å². The first-order valence-electron chi connectivity index (χ1n) is 12.6. The van der Waals surface area contributed by atoms with Gasteiger partial charge in [-0.15, -0.1) is 11.3 Å². The maximum Gasteiger partial charge on any atom is 0.280 e. The molecule has 0 radical (unpaired) electrons. The van der Waals surface area contributed by atoms with Gasteiger partial charge >= 0.3 is 0 Å². The summed E-state index contributed by atoms with van der Waals surface area (Å²) in [5.74, 6) is -0.482. The molecule has 0 aliphatic carbocycles. The Kier molecular flexibility index (Phi) is 7.62. The van der Waals surface area contributed by atoms with Crippen molar-refractivity contribution in [1.29, 1.82) is 0 Å². The Balaban J connectivity index is 1.29. The summed E-state index contributed by atoms with van der Waals surface area (Å²) >= 11 is 7.53. The summed E-state index contributed by atoms with van der Waals surface area (Å²) in [6.45, 7) is 7.76. The van der Waals surface area contributed by atoms with Crippen LogP contribution in [-0.4, -0.2) is 82.2 Å². The van der Waals surface area contributed by atoms with Gasteiger partial charge in [0.05, 0.1) is 17.8 Å². The molecule has 0 unspecified atom stereocenters. The SMILES string of the molecule is CC(C)N1CCc2nc(C(=O)N[C@@H]3CN(CCC=O)C[C@H]3NC(=O)c3cc4cc(Cl)ccc4[nH]3)sc2C1. The van der Waals surface area contributed by atoms with Crippen molar-refractivity contribution >= 4 is 51.9 Å². The number of aromatic nitrogens is 2. The van der Waals surface area contributed by atoms with E-state index in [1.54, 1.807) is 18.2 Å². The molecule has 0 bridgehead atoms. The maximum atomic E-state index is 13.2. The molecule has 0 saturated carbocycles. The number of aldehydes is 1. The van der Waals surface area contributed by atoms with Gasteiger partial charge in [-0.2, -0.15) is 0 Å². The number of carbonyl (C=O) groups excluding carboxylic acids is 3. The van der Waals surface area contributed by atoms with Gasteiger partial charge in [-0.1, -0.05) is 11.6 Å². The summed E-state index contributed by atoms with van der Waals surface area (Å²) in [6.07, 6.45) is 2.12. The number of carbonyl (C=O) groups is 3. The lowest BCUT2D eigenvalue weighted by Crippen LogP contribution is -2.51. The number of nitrogens with one attached hydrogen (secondary N) is 3. The Morgan fingerprint density at radius 3 is 2.70 bits per heavy atom. The second-order valence-electron chi connectivity index (χ2n) is 9.99. The first-order valence-corrected chi connectivity index (χ1v) is 13.8. The highest BCUT2D eigenvalue weighted by Gasteiger charge is 2.36. The number of rotatable bonds is 8. The normalized spacial score (nSPS) is 20.3. The number of likely N-dealkylation sites (tertiary alicyclic amines) is 1. The highest BCUT2D eigenvalue weighted by Crippen LogP contribution is 2.27. The van der Waals surface area contributed by atoms with E-state index >= 15 is 0 Å². The fourth-order valence-corrected chi connectivity index (χ4v) is 6.27. The van der Waals surface area contributed by atoms with Gasteiger partial charge in [0.25, 0.3) is 11.8 Å². The molecular formula is C26H31ClN6O3S. The number of H-pyrrole nitrogens is 1. The first-order chi connectivity index (χ1) is 17.8. The van der Waals surface area contributed by atoms with E-state index in [1.165, 1.54) is 11.3 Å². The average Bonchev–Trinajstić information content (AvgIpc) is 3.58. The molecule has 196 valence electrons. The monoisotopic (exact) mass is 542 g/mol. The molecule has 37 heavy (non-hydrogen) atoms. The maximum absolute atomic E-state index is 13.2. The zero-order valence-corrected chi connectivity index (χ0v) is 22.5. The van der Waals surface area contributed by atoms with Crippen LogP contribution in [0.2, 0.25) is 5.02 Å². The van der Waals surface area contributed by atoms with Crippen LogP contribution in [0.3, 0.4) is 0 Å². The number of nitrogens with zero attached hydrogens (tertiary/aromatic N) is 3. The second-order valence-corrected chi connectivity index (χ2v) is 11.5. The van der Waals surface area contributed by atoms with Crippen LogP contribution in [0.15, 0.2) is 24.3 Å². The molecule has 5 rings (SSSR count). The third-order valence-corrected chi connectivity index (χ3v) is 8.42. The van der Waals surface area contributed by atoms with Crippen LogP contribution in [0.1, 0.15) is 51.1 Å². The number of amides is 2. The summed E-state index contributed by atoms with van der Waals surface area (Å²) in [5.41, 5.74) is 2.26. The number of hydrogen-bond acceptors (Lipinski definition) is 7. The lowest BCUT2D eigenvalue weighted by atomic mass is 10.1. The molecule has 2 aliphatic heterocycles. The van der Waals surface area contributed by atoms with Crippen molar-refractivity contribution in [1.82, 2.24) is 30.4 Å².